The molecule has 1 N–H and O–H groups in total. The molecule has 5 nitrogen and oxygen atoms in total. The largest absolute Gasteiger partial charge is 0.323 e. The summed E-state index contributed by atoms with van der Waals surface area (Å²) in [4.78, 5) is 12.2. The molecule has 1 heterocycles. The first-order chi connectivity index (χ1) is 10.7. The molecule has 2 aromatic carbocycles. The highest BCUT2D eigenvalue weighted by molar-refractivity contribution is 6.33. The number of hydrogen-bond donors (Lipinski definition) is 1. The van der Waals surface area contributed by atoms with Gasteiger partial charge in [0, 0.05) is 0 Å². The number of anilines is 1. The van der Waals surface area contributed by atoms with E-state index in [0.29, 0.717) is 10.7 Å². The van der Waals surface area contributed by atoms with Crippen molar-refractivity contribution in [3.05, 3.63) is 53.1 Å². The van der Waals surface area contributed by atoms with Crippen molar-refractivity contribution in [2.75, 3.05) is 5.32 Å². The van der Waals surface area contributed by atoms with Crippen LogP contribution in [-0.2, 0) is 17.8 Å². The number of carbonyl (C=O) groups excluding carboxylic acids is 1. The van der Waals surface area contributed by atoms with Crippen molar-refractivity contribution in [1.82, 2.24) is 15.0 Å². The first kappa shape index (κ1) is 14.5. The normalized spacial score (nSPS) is 10.8. The van der Waals surface area contributed by atoms with Crippen LogP contribution in [0.5, 0.6) is 0 Å². The molecule has 1 amide bonds. The van der Waals surface area contributed by atoms with Crippen molar-refractivity contribution >= 4 is 34.2 Å². The van der Waals surface area contributed by atoms with Crippen molar-refractivity contribution in [3.63, 3.8) is 0 Å². The van der Waals surface area contributed by atoms with Gasteiger partial charge < -0.3 is 5.32 Å². The lowest BCUT2D eigenvalue weighted by Crippen LogP contribution is -2.19. The molecule has 0 unspecified atom stereocenters. The van der Waals surface area contributed by atoms with Gasteiger partial charge in [-0.15, -0.1) is 5.10 Å². The van der Waals surface area contributed by atoms with Crippen molar-refractivity contribution < 1.29 is 4.79 Å². The Morgan fingerprint density at radius 3 is 2.91 bits per heavy atom. The van der Waals surface area contributed by atoms with E-state index in [4.69, 9.17) is 11.6 Å². The summed E-state index contributed by atoms with van der Waals surface area (Å²) in [7, 11) is 0. The average Bonchev–Trinajstić information content (AvgIpc) is 2.93. The molecule has 0 spiro atoms. The zero-order valence-electron chi connectivity index (χ0n) is 12.1. The number of halogens is 1. The number of aromatic nitrogens is 3. The van der Waals surface area contributed by atoms with Gasteiger partial charge in [-0.1, -0.05) is 41.9 Å². The average molecular weight is 315 g/mol. The maximum absolute atomic E-state index is 12.2. The molecule has 3 rings (SSSR count). The summed E-state index contributed by atoms with van der Waals surface area (Å²) in [6, 6.07) is 13.1. The van der Waals surface area contributed by atoms with Crippen LogP contribution < -0.4 is 5.32 Å². The second-order valence-corrected chi connectivity index (χ2v) is 5.36. The Bertz CT molecular complexity index is 828. The van der Waals surface area contributed by atoms with E-state index in [1.807, 2.05) is 36.4 Å². The van der Waals surface area contributed by atoms with E-state index in [9.17, 15) is 4.79 Å². The molecular weight excluding hydrogens is 300 g/mol. The van der Waals surface area contributed by atoms with Gasteiger partial charge in [0.05, 0.1) is 16.2 Å². The summed E-state index contributed by atoms with van der Waals surface area (Å²) in [6.45, 7) is 2.14. The van der Waals surface area contributed by atoms with Crippen LogP contribution in [0.15, 0.2) is 42.5 Å². The van der Waals surface area contributed by atoms with Crippen LogP contribution in [-0.4, -0.2) is 20.9 Å². The van der Waals surface area contributed by atoms with Crippen LogP contribution in [0.25, 0.3) is 11.0 Å². The van der Waals surface area contributed by atoms with Crippen molar-refractivity contribution in [2.24, 2.45) is 0 Å². The quantitative estimate of drug-likeness (QED) is 0.804. The minimum Gasteiger partial charge on any atom is -0.323 e. The molecule has 6 heteroatoms. The highest BCUT2D eigenvalue weighted by atomic mass is 35.5. The van der Waals surface area contributed by atoms with Crippen LogP contribution in [0.3, 0.4) is 0 Å². The molecule has 0 fully saturated rings. The number of para-hydroxylation sites is 1. The molecule has 1 aromatic heterocycles. The Morgan fingerprint density at radius 1 is 1.27 bits per heavy atom. The minimum absolute atomic E-state index is 0.0905. The van der Waals surface area contributed by atoms with E-state index in [1.165, 1.54) is 0 Å². The van der Waals surface area contributed by atoms with Gasteiger partial charge in [0.25, 0.3) is 0 Å². The molecule has 22 heavy (non-hydrogen) atoms. The van der Waals surface area contributed by atoms with E-state index in [-0.39, 0.29) is 12.5 Å². The standard InChI is InChI=1S/C16H15ClN4O/c1-2-11-7-8-12(17)14(9-11)18-16(22)10-21-15-6-4-3-5-13(15)19-20-21/h3-9H,2,10H2,1H3,(H,18,22). The van der Waals surface area contributed by atoms with Gasteiger partial charge in [0.15, 0.2) is 0 Å². The molecule has 0 saturated carbocycles. The number of hydrogen-bond acceptors (Lipinski definition) is 3. The third-order valence-corrected chi connectivity index (χ3v) is 3.76. The van der Waals surface area contributed by atoms with Gasteiger partial charge in [-0.25, -0.2) is 4.68 Å². The van der Waals surface area contributed by atoms with Gasteiger partial charge in [-0.3, -0.25) is 4.79 Å². The number of nitrogens with one attached hydrogen (secondary N) is 1. The van der Waals surface area contributed by atoms with Gasteiger partial charge in [-0.2, -0.15) is 0 Å². The van der Waals surface area contributed by atoms with Crippen LogP contribution >= 0.6 is 11.6 Å². The molecular formula is C16H15ClN4O. The Labute approximate surface area is 132 Å². The number of rotatable bonds is 4. The Morgan fingerprint density at radius 2 is 2.09 bits per heavy atom. The molecule has 0 aliphatic carbocycles. The second kappa shape index (κ2) is 6.15. The maximum Gasteiger partial charge on any atom is 0.246 e. The summed E-state index contributed by atoms with van der Waals surface area (Å²) in [5, 5.41) is 11.4. The maximum atomic E-state index is 12.2. The molecule has 0 aliphatic rings. The predicted molar refractivity (Wildman–Crippen MR) is 87.0 cm³/mol. The number of fused-ring (bicyclic) bond motifs is 1. The molecule has 0 bridgehead atoms. The monoisotopic (exact) mass is 314 g/mol. The molecule has 0 radical (unpaired) electrons. The number of aryl methyl sites for hydroxylation is 1. The van der Waals surface area contributed by atoms with E-state index in [1.54, 1.807) is 10.7 Å². The van der Waals surface area contributed by atoms with Gasteiger partial charge in [0.1, 0.15) is 12.1 Å². The minimum atomic E-state index is -0.189. The molecule has 0 saturated heterocycles. The first-order valence-corrected chi connectivity index (χ1v) is 7.41. The van der Waals surface area contributed by atoms with E-state index >= 15 is 0 Å². The van der Waals surface area contributed by atoms with Crippen LogP contribution in [0.4, 0.5) is 5.69 Å². The fraction of sp³-hybridized carbons (Fsp3) is 0.188. The lowest BCUT2D eigenvalue weighted by Gasteiger charge is -2.09. The lowest BCUT2D eigenvalue weighted by atomic mass is 10.1. The topological polar surface area (TPSA) is 59.8 Å². The van der Waals surface area contributed by atoms with Gasteiger partial charge in [-0.05, 0) is 36.2 Å². The smallest absolute Gasteiger partial charge is 0.246 e. The van der Waals surface area contributed by atoms with Crippen molar-refractivity contribution in [2.45, 2.75) is 19.9 Å². The lowest BCUT2D eigenvalue weighted by molar-refractivity contribution is -0.116. The zero-order chi connectivity index (χ0) is 15.5. The third kappa shape index (κ3) is 2.94. The fourth-order valence-electron chi connectivity index (χ4n) is 2.25. The van der Waals surface area contributed by atoms with E-state index < -0.39 is 0 Å². The first-order valence-electron chi connectivity index (χ1n) is 7.04. The van der Waals surface area contributed by atoms with Crippen molar-refractivity contribution in [3.8, 4) is 0 Å². The number of amides is 1. The van der Waals surface area contributed by atoms with Crippen molar-refractivity contribution in [1.29, 1.82) is 0 Å². The zero-order valence-corrected chi connectivity index (χ0v) is 12.8. The second-order valence-electron chi connectivity index (χ2n) is 4.95. The summed E-state index contributed by atoms with van der Waals surface area (Å²) in [6.07, 6.45) is 0.883. The van der Waals surface area contributed by atoms with Crippen LogP contribution in [0.2, 0.25) is 5.02 Å². The Kier molecular flexibility index (Phi) is 4.06. The number of benzene rings is 2. The van der Waals surface area contributed by atoms with Crippen LogP contribution in [0, 0.1) is 0 Å². The summed E-state index contributed by atoms with van der Waals surface area (Å²) < 4.78 is 1.57. The summed E-state index contributed by atoms with van der Waals surface area (Å²) >= 11 is 6.12. The van der Waals surface area contributed by atoms with Crippen LogP contribution in [0.1, 0.15) is 12.5 Å². The highest BCUT2D eigenvalue weighted by Crippen LogP contribution is 2.23. The van der Waals surface area contributed by atoms with Gasteiger partial charge >= 0.3 is 0 Å². The summed E-state index contributed by atoms with van der Waals surface area (Å²) in [5.41, 5.74) is 3.33. The molecule has 0 aliphatic heterocycles. The Hall–Kier alpha value is -2.40. The molecule has 0 atom stereocenters. The van der Waals surface area contributed by atoms with Gasteiger partial charge in [0.2, 0.25) is 5.91 Å². The molecule has 112 valence electrons. The third-order valence-electron chi connectivity index (χ3n) is 3.43. The molecule has 3 aromatic rings. The van der Waals surface area contributed by atoms with E-state index in [2.05, 4.69) is 22.6 Å². The van der Waals surface area contributed by atoms with E-state index in [0.717, 1.165) is 23.0 Å². The number of nitrogens with zero attached hydrogens (tertiary/aromatic N) is 3. The SMILES string of the molecule is CCc1ccc(Cl)c(NC(=O)Cn2nnc3ccccc32)c1. The summed E-state index contributed by atoms with van der Waals surface area (Å²) in [5.74, 6) is -0.189. The Balaban J connectivity index is 1.78. The fourth-order valence-corrected chi connectivity index (χ4v) is 2.41. The number of carbonyl (C=O) groups is 1. The predicted octanol–water partition coefficient (Wildman–Crippen LogP) is 3.29. The highest BCUT2D eigenvalue weighted by Gasteiger charge is 2.10.